The van der Waals surface area contributed by atoms with Crippen molar-refractivity contribution in [1.82, 2.24) is 19.5 Å². The van der Waals surface area contributed by atoms with Gasteiger partial charge in [0.15, 0.2) is 11.5 Å². The summed E-state index contributed by atoms with van der Waals surface area (Å²) in [6.45, 7) is 2.50. The smallest absolute Gasteiger partial charge is 0.181 e. The number of nitrogens with zero attached hydrogens (tertiary/aromatic N) is 4. The van der Waals surface area contributed by atoms with E-state index >= 15 is 0 Å². The first-order valence-corrected chi connectivity index (χ1v) is 6.63. The number of imidazole rings is 1. The standard InChI is InChI=1S/C14H13ClN4O/c1-3-20-12-5-4-9(15)6-10(12)13-16-7-11-14(18-13)17-8-19(11)2/h4-8H,3H2,1-2H3. The molecule has 0 saturated carbocycles. The van der Waals surface area contributed by atoms with E-state index in [1.54, 1.807) is 24.7 Å². The molecule has 20 heavy (non-hydrogen) atoms. The van der Waals surface area contributed by atoms with Gasteiger partial charge in [0.25, 0.3) is 0 Å². The van der Waals surface area contributed by atoms with Gasteiger partial charge in [-0.05, 0) is 25.1 Å². The van der Waals surface area contributed by atoms with Gasteiger partial charge in [-0.1, -0.05) is 11.6 Å². The fraction of sp³-hybridized carbons (Fsp3) is 0.214. The van der Waals surface area contributed by atoms with Crippen LogP contribution in [0.4, 0.5) is 0 Å². The quantitative estimate of drug-likeness (QED) is 0.743. The molecule has 0 atom stereocenters. The van der Waals surface area contributed by atoms with Gasteiger partial charge in [-0.25, -0.2) is 15.0 Å². The summed E-state index contributed by atoms with van der Waals surface area (Å²) < 4.78 is 7.47. The minimum Gasteiger partial charge on any atom is -0.493 e. The zero-order chi connectivity index (χ0) is 14.1. The van der Waals surface area contributed by atoms with Gasteiger partial charge < -0.3 is 9.30 Å². The molecule has 0 unspecified atom stereocenters. The number of fused-ring (bicyclic) bond motifs is 1. The Morgan fingerprint density at radius 2 is 2.15 bits per heavy atom. The normalized spacial score (nSPS) is 10.9. The Morgan fingerprint density at radius 3 is 2.95 bits per heavy atom. The number of aryl methyl sites for hydroxylation is 1. The van der Waals surface area contributed by atoms with Crippen molar-refractivity contribution in [1.29, 1.82) is 0 Å². The number of hydrogen-bond acceptors (Lipinski definition) is 4. The predicted molar refractivity (Wildman–Crippen MR) is 77.9 cm³/mol. The molecular weight excluding hydrogens is 276 g/mol. The van der Waals surface area contributed by atoms with E-state index in [1.807, 2.05) is 24.6 Å². The lowest BCUT2D eigenvalue weighted by atomic mass is 10.2. The molecule has 2 aromatic heterocycles. The number of halogens is 1. The zero-order valence-electron chi connectivity index (χ0n) is 11.2. The summed E-state index contributed by atoms with van der Waals surface area (Å²) in [5.74, 6) is 1.27. The van der Waals surface area contributed by atoms with Gasteiger partial charge >= 0.3 is 0 Å². The minimum absolute atomic E-state index is 0.558. The number of aromatic nitrogens is 4. The maximum absolute atomic E-state index is 6.06. The lowest BCUT2D eigenvalue weighted by Crippen LogP contribution is -1.97. The number of benzene rings is 1. The molecule has 0 fully saturated rings. The Morgan fingerprint density at radius 1 is 1.30 bits per heavy atom. The molecule has 3 aromatic rings. The van der Waals surface area contributed by atoms with Gasteiger partial charge in [0.1, 0.15) is 11.3 Å². The predicted octanol–water partition coefficient (Wildman–Crippen LogP) is 3.08. The lowest BCUT2D eigenvalue weighted by Gasteiger charge is -2.09. The van der Waals surface area contributed by atoms with E-state index in [4.69, 9.17) is 16.3 Å². The summed E-state index contributed by atoms with van der Waals surface area (Å²) in [7, 11) is 1.91. The summed E-state index contributed by atoms with van der Waals surface area (Å²) >= 11 is 6.06. The van der Waals surface area contributed by atoms with Crippen LogP contribution in [0.3, 0.4) is 0 Å². The van der Waals surface area contributed by atoms with Crippen molar-refractivity contribution in [3.05, 3.63) is 35.7 Å². The fourth-order valence-corrected chi connectivity index (χ4v) is 2.17. The largest absolute Gasteiger partial charge is 0.493 e. The van der Waals surface area contributed by atoms with Gasteiger partial charge in [0.2, 0.25) is 0 Å². The third-order valence-corrected chi connectivity index (χ3v) is 3.20. The van der Waals surface area contributed by atoms with Crippen LogP contribution in [0.1, 0.15) is 6.92 Å². The van der Waals surface area contributed by atoms with Gasteiger partial charge in [0.05, 0.1) is 24.7 Å². The minimum atomic E-state index is 0.558. The van der Waals surface area contributed by atoms with Crippen LogP contribution in [0.5, 0.6) is 5.75 Å². The summed E-state index contributed by atoms with van der Waals surface area (Å²) in [5.41, 5.74) is 2.31. The van der Waals surface area contributed by atoms with Crippen LogP contribution >= 0.6 is 11.6 Å². The monoisotopic (exact) mass is 288 g/mol. The van der Waals surface area contributed by atoms with E-state index in [9.17, 15) is 0 Å². The highest BCUT2D eigenvalue weighted by Crippen LogP contribution is 2.31. The first kappa shape index (κ1) is 12.9. The maximum atomic E-state index is 6.06. The van der Waals surface area contributed by atoms with Crippen LogP contribution < -0.4 is 4.74 Å². The van der Waals surface area contributed by atoms with Crippen LogP contribution in [0, 0.1) is 0 Å². The topological polar surface area (TPSA) is 52.8 Å². The Kier molecular flexibility index (Phi) is 3.28. The van der Waals surface area contributed by atoms with E-state index in [0.29, 0.717) is 28.9 Å². The maximum Gasteiger partial charge on any atom is 0.181 e. The van der Waals surface area contributed by atoms with Gasteiger partial charge in [-0.2, -0.15) is 0 Å². The Labute approximate surface area is 121 Å². The van der Waals surface area contributed by atoms with Crippen molar-refractivity contribution in [3.8, 4) is 17.1 Å². The lowest BCUT2D eigenvalue weighted by molar-refractivity contribution is 0.341. The third kappa shape index (κ3) is 2.20. The molecule has 0 aliphatic rings. The third-order valence-electron chi connectivity index (χ3n) is 2.97. The van der Waals surface area contributed by atoms with E-state index in [1.165, 1.54) is 0 Å². The number of ether oxygens (including phenoxy) is 1. The van der Waals surface area contributed by atoms with Crippen LogP contribution in [0.2, 0.25) is 5.02 Å². The molecule has 0 bridgehead atoms. The molecule has 0 saturated heterocycles. The molecule has 102 valence electrons. The summed E-state index contributed by atoms with van der Waals surface area (Å²) in [4.78, 5) is 13.1. The van der Waals surface area contributed by atoms with Gasteiger partial charge in [-0.15, -0.1) is 0 Å². The highest BCUT2D eigenvalue weighted by atomic mass is 35.5. The Hall–Kier alpha value is -2.14. The molecule has 0 amide bonds. The Balaban J connectivity index is 2.16. The number of hydrogen-bond donors (Lipinski definition) is 0. The SMILES string of the molecule is CCOc1ccc(Cl)cc1-c1ncc2c(ncn2C)n1. The molecular formula is C14H13ClN4O. The highest BCUT2D eigenvalue weighted by Gasteiger charge is 2.12. The molecule has 5 nitrogen and oxygen atoms in total. The van der Waals surface area contributed by atoms with Crippen molar-refractivity contribution in [2.75, 3.05) is 6.61 Å². The van der Waals surface area contributed by atoms with Crippen LogP contribution in [0.25, 0.3) is 22.6 Å². The molecule has 0 N–H and O–H groups in total. The first-order chi connectivity index (χ1) is 9.69. The summed E-state index contributed by atoms with van der Waals surface area (Å²) in [5, 5.41) is 0.619. The average molecular weight is 289 g/mol. The molecule has 3 rings (SSSR count). The molecule has 0 aliphatic carbocycles. The van der Waals surface area contributed by atoms with Crippen molar-refractivity contribution in [2.45, 2.75) is 6.92 Å². The molecule has 0 aliphatic heterocycles. The molecule has 6 heteroatoms. The van der Waals surface area contributed by atoms with E-state index in [-0.39, 0.29) is 0 Å². The Bertz CT molecular complexity index is 769. The molecule has 0 radical (unpaired) electrons. The van der Waals surface area contributed by atoms with Crippen molar-refractivity contribution in [3.63, 3.8) is 0 Å². The van der Waals surface area contributed by atoms with E-state index in [0.717, 1.165) is 11.1 Å². The molecule has 1 aromatic carbocycles. The van der Waals surface area contributed by atoms with E-state index < -0.39 is 0 Å². The van der Waals surface area contributed by atoms with Gasteiger partial charge in [0, 0.05) is 12.1 Å². The summed E-state index contributed by atoms with van der Waals surface area (Å²) in [6, 6.07) is 5.42. The second-order valence-corrected chi connectivity index (χ2v) is 4.77. The van der Waals surface area contributed by atoms with Crippen molar-refractivity contribution in [2.24, 2.45) is 7.05 Å². The highest BCUT2D eigenvalue weighted by molar-refractivity contribution is 6.30. The summed E-state index contributed by atoms with van der Waals surface area (Å²) in [6.07, 6.45) is 3.46. The second-order valence-electron chi connectivity index (χ2n) is 4.33. The molecule has 0 spiro atoms. The first-order valence-electron chi connectivity index (χ1n) is 6.26. The molecule has 2 heterocycles. The van der Waals surface area contributed by atoms with Crippen LogP contribution in [0.15, 0.2) is 30.7 Å². The second kappa shape index (κ2) is 5.09. The zero-order valence-corrected chi connectivity index (χ0v) is 11.9. The average Bonchev–Trinajstić information content (AvgIpc) is 2.82. The van der Waals surface area contributed by atoms with Crippen LogP contribution in [-0.4, -0.2) is 26.1 Å². The van der Waals surface area contributed by atoms with E-state index in [2.05, 4.69) is 15.0 Å². The fourth-order valence-electron chi connectivity index (χ4n) is 2.00. The van der Waals surface area contributed by atoms with Crippen LogP contribution in [-0.2, 0) is 7.05 Å². The van der Waals surface area contributed by atoms with Crippen molar-refractivity contribution >= 4 is 22.8 Å². The van der Waals surface area contributed by atoms with Crippen molar-refractivity contribution < 1.29 is 4.74 Å². The number of rotatable bonds is 3. The van der Waals surface area contributed by atoms with Gasteiger partial charge in [-0.3, -0.25) is 0 Å².